The number of carbonyl (C=O) groups excluding carboxylic acids is 1. The van der Waals surface area contributed by atoms with Crippen LogP contribution >= 0.6 is 11.3 Å². The highest BCUT2D eigenvalue weighted by Gasteiger charge is 2.21. The summed E-state index contributed by atoms with van der Waals surface area (Å²) < 4.78 is 0. The predicted molar refractivity (Wildman–Crippen MR) is 88.3 cm³/mol. The molecule has 0 bridgehead atoms. The minimum atomic E-state index is 0.253. The molecule has 21 heavy (non-hydrogen) atoms. The molecule has 0 saturated carbocycles. The Morgan fingerprint density at radius 3 is 2.67 bits per heavy atom. The Morgan fingerprint density at radius 2 is 1.95 bits per heavy atom. The van der Waals surface area contributed by atoms with E-state index < -0.39 is 0 Å². The van der Waals surface area contributed by atoms with Gasteiger partial charge in [-0.05, 0) is 55.3 Å². The lowest BCUT2D eigenvalue weighted by molar-refractivity contribution is 0.0921. The minimum absolute atomic E-state index is 0.253. The first kappa shape index (κ1) is 14.5. The summed E-state index contributed by atoms with van der Waals surface area (Å²) >= 11 is 1.84. The van der Waals surface area contributed by atoms with Gasteiger partial charge in [0.15, 0.2) is 5.78 Å². The van der Waals surface area contributed by atoms with Crippen molar-refractivity contribution in [3.63, 3.8) is 0 Å². The van der Waals surface area contributed by atoms with E-state index in [1.807, 2.05) is 25.2 Å². The number of benzene rings is 1. The number of hydrogen-bond donors (Lipinski definition) is 0. The van der Waals surface area contributed by atoms with Crippen molar-refractivity contribution in [2.24, 2.45) is 0 Å². The first-order valence-electron chi connectivity index (χ1n) is 7.43. The second kappa shape index (κ2) is 5.74. The smallest absolute Gasteiger partial charge is 0.177 e. The number of aryl methyl sites for hydroxylation is 3. The van der Waals surface area contributed by atoms with Crippen molar-refractivity contribution in [2.75, 3.05) is 13.1 Å². The van der Waals surface area contributed by atoms with Gasteiger partial charge in [0.2, 0.25) is 0 Å². The van der Waals surface area contributed by atoms with Gasteiger partial charge in [-0.15, -0.1) is 11.3 Å². The highest BCUT2D eigenvalue weighted by molar-refractivity contribution is 7.10. The lowest BCUT2D eigenvalue weighted by Crippen LogP contribution is -2.34. The van der Waals surface area contributed by atoms with Gasteiger partial charge in [0.25, 0.3) is 0 Å². The van der Waals surface area contributed by atoms with Crippen LogP contribution in [0.2, 0.25) is 0 Å². The number of carbonyl (C=O) groups is 1. The fraction of sp³-hybridized carbons (Fsp3) is 0.389. The second-order valence-electron chi connectivity index (χ2n) is 6.03. The van der Waals surface area contributed by atoms with Gasteiger partial charge >= 0.3 is 0 Å². The Labute approximate surface area is 130 Å². The van der Waals surface area contributed by atoms with Crippen LogP contribution in [0.3, 0.4) is 0 Å². The third-order valence-corrected chi connectivity index (χ3v) is 5.23. The van der Waals surface area contributed by atoms with Crippen molar-refractivity contribution in [2.45, 2.75) is 33.7 Å². The normalized spacial score (nSPS) is 15.0. The summed E-state index contributed by atoms with van der Waals surface area (Å²) in [5, 5.41) is 2.16. The molecule has 0 N–H and O–H groups in total. The molecule has 0 unspecified atom stereocenters. The Morgan fingerprint density at radius 1 is 1.24 bits per heavy atom. The van der Waals surface area contributed by atoms with Crippen molar-refractivity contribution < 1.29 is 4.79 Å². The number of thiophene rings is 1. The van der Waals surface area contributed by atoms with E-state index in [0.717, 1.165) is 36.2 Å². The van der Waals surface area contributed by atoms with E-state index in [2.05, 4.69) is 35.4 Å². The standard InChI is InChI=1S/C18H21NOS/c1-12-8-13(2)18(14(3)9-12)16(20)11-19-6-4-17-15(10-19)5-7-21-17/h5,7-9H,4,6,10-11H2,1-3H3. The molecule has 3 heteroatoms. The SMILES string of the molecule is Cc1cc(C)c(C(=O)CN2CCc3sccc3C2)c(C)c1. The summed E-state index contributed by atoms with van der Waals surface area (Å²) in [7, 11) is 0. The number of fused-ring (bicyclic) bond motifs is 1. The van der Waals surface area contributed by atoms with Crippen LogP contribution in [0.4, 0.5) is 0 Å². The van der Waals surface area contributed by atoms with Crippen LogP contribution in [0, 0.1) is 20.8 Å². The van der Waals surface area contributed by atoms with E-state index in [-0.39, 0.29) is 5.78 Å². The monoisotopic (exact) mass is 299 g/mol. The van der Waals surface area contributed by atoms with Gasteiger partial charge < -0.3 is 0 Å². The molecule has 2 nitrogen and oxygen atoms in total. The van der Waals surface area contributed by atoms with Gasteiger partial charge in [0, 0.05) is 23.5 Å². The predicted octanol–water partition coefficient (Wildman–Crippen LogP) is 3.91. The summed E-state index contributed by atoms with van der Waals surface area (Å²) in [5.41, 5.74) is 5.74. The third kappa shape index (κ3) is 2.94. The van der Waals surface area contributed by atoms with E-state index in [9.17, 15) is 4.79 Å². The van der Waals surface area contributed by atoms with Gasteiger partial charge in [-0.1, -0.05) is 17.7 Å². The Hall–Kier alpha value is -1.45. The number of Topliss-reactive ketones (excluding diaryl/α,β-unsaturated/α-hetero) is 1. The van der Waals surface area contributed by atoms with Crippen LogP contribution in [-0.2, 0) is 13.0 Å². The summed E-state index contributed by atoms with van der Waals surface area (Å²) in [4.78, 5) is 16.4. The molecule has 1 aliphatic rings. The van der Waals surface area contributed by atoms with Crippen LogP contribution < -0.4 is 0 Å². The molecule has 1 aliphatic heterocycles. The summed E-state index contributed by atoms with van der Waals surface area (Å²) in [6, 6.07) is 6.40. The maximum Gasteiger partial charge on any atom is 0.177 e. The fourth-order valence-electron chi connectivity index (χ4n) is 3.34. The molecule has 3 rings (SSSR count). The first-order chi connectivity index (χ1) is 10.0. The van der Waals surface area contributed by atoms with E-state index in [1.165, 1.54) is 16.0 Å². The maximum absolute atomic E-state index is 12.7. The minimum Gasteiger partial charge on any atom is -0.293 e. The van der Waals surface area contributed by atoms with Crippen molar-refractivity contribution in [1.82, 2.24) is 4.90 Å². The summed E-state index contributed by atoms with van der Waals surface area (Å²) in [6.45, 7) is 8.59. The first-order valence-corrected chi connectivity index (χ1v) is 8.31. The Balaban J connectivity index is 1.76. The number of nitrogens with zero attached hydrogens (tertiary/aromatic N) is 1. The summed E-state index contributed by atoms with van der Waals surface area (Å²) in [6.07, 6.45) is 1.08. The Kier molecular flexibility index (Phi) is 3.96. The quantitative estimate of drug-likeness (QED) is 0.801. The van der Waals surface area contributed by atoms with Gasteiger partial charge in [0.1, 0.15) is 0 Å². The average molecular weight is 299 g/mol. The van der Waals surface area contributed by atoms with Crippen LogP contribution in [0.15, 0.2) is 23.6 Å². The van der Waals surface area contributed by atoms with E-state index in [4.69, 9.17) is 0 Å². The van der Waals surface area contributed by atoms with Gasteiger partial charge in [-0.2, -0.15) is 0 Å². The van der Waals surface area contributed by atoms with Gasteiger partial charge in [0.05, 0.1) is 6.54 Å². The fourth-order valence-corrected chi connectivity index (χ4v) is 4.23. The largest absolute Gasteiger partial charge is 0.293 e. The lowest BCUT2D eigenvalue weighted by Gasteiger charge is -2.26. The zero-order valence-electron chi connectivity index (χ0n) is 12.9. The van der Waals surface area contributed by atoms with E-state index in [1.54, 1.807) is 0 Å². The van der Waals surface area contributed by atoms with Crippen LogP contribution in [0.5, 0.6) is 0 Å². The third-order valence-electron chi connectivity index (χ3n) is 4.21. The molecule has 0 aliphatic carbocycles. The molecular formula is C18H21NOS. The zero-order valence-corrected chi connectivity index (χ0v) is 13.7. The zero-order chi connectivity index (χ0) is 15.0. The molecule has 0 saturated heterocycles. The molecule has 2 heterocycles. The van der Waals surface area contributed by atoms with Crippen molar-refractivity contribution in [3.05, 3.63) is 56.3 Å². The van der Waals surface area contributed by atoms with Crippen molar-refractivity contribution in [3.8, 4) is 0 Å². The number of rotatable bonds is 3. The highest BCUT2D eigenvalue weighted by atomic mass is 32.1. The number of ketones is 1. The molecule has 1 aromatic carbocycles. The summed E-state index contributed by atoms with van der Waals surface area (Å²) in [5.74, 6) is 0.253. The average Bonchev–Trinajstić information content (AvgIpc) is 2.84. The molecule has 0 radical (unpaired) electrons. The topological polar surface area (TPSA) is 20.3 Å². The van der Waals surface area contributed by atoms with Gasteiger partial charge in [-0.25, -0.2) is 0 Å². The van der Waals surface area contributed by atoms with Crippen molar-refractivity contribution >= 4 is 17.1 Å². The number of hydrogen-bond acceptors (Lipinski definition) is 3. The molecule has 1 aromatic heterocycles. The maximum atomic E-state index is 12.7. The van der Waals surface area contributed by atoms with Crippen LogP contribution in [0.1, 0.15) is 37.5 Å². The molecule has 0 fully saturated rings. The van der Waals surface area contributed by atoms with E-state index in [0.29, 0.717) is 6.54 Å². The molecule has 110 valence electrons. The van der Waals surface area contributed by atoms with Gasteiger partial charge in [-0.3, -0.25) is 9.69 Å². The van der Waals surface area contributed by atoms with Crippen molar-refractivity contribution in [1.29, 1.82) is 0 Å². The van der Waals surface area contributed by atoms with E-state index >= 15 is 0 Å². The molecule has 2 aromatic rings. The molecule has 0 amide bonds. The second-order valence-corrected chi connectivity index (χ2v) is 7.03. The van der Waals surface area contributed by atoms with Crippen LogP contribution in [0.25, 0.3) is 0 Å². The molecule has 0 atom stereocenters. The lowest BCUT2D eigenvalue weighted by atomic mass is 9.96. The molecule has 0 spiro atoms. The highest BCUT2D eigenvalue weighted by Crippen LogP contribution is 2.24. The Bertz CT molecular complexity index is 663. The van der Waals surface area contributed by atoms with Crippen LogP contribution in [-0.4, -0.2) is 23.8 Å². The molecular weight excluding hydrogens is 278 g/mol.